The van der Waals surface area contributed by atoms with E-state index in [2.05, 4.69) is 10.3 Å². The number of hydrogen-bond acceptors (Lipinski definition) is 5. The second-order valence-electron chi connectivity index (χ2n) is 3.78. The van der Waals surface area contributed by atoms with Crippen molar-refractivity contribution in [1.29, 1.82) is 0 Å². The zero-order valence-corrected chi connectivity index (χ0v) is 10.3. The predicted octanol–water partition coefficient (Wildman–Crippen LogP) is 2.14. The minimum Gasteiger partial charge on any atom is -0.380 e. The van der Waals surface area contributed by atoms with Crippen LogP contribution < -0.4 is 5.32 Å². The number of aromatic nitrogens is 1. The monoisotopic (exact) mass is 239 g/mol. The third kappa shape index (κ3) is 3.99. The first-order valence-corrected chi connectivity index (χ1v) is 5.51. The Labute approximate surface area is 100 Å². The summed E-state index contributed by atoms with van der Waals surface area (Å²) in [4.78, 5) is 14.5. The maximum Gasteiger partial charge on any atom is 0.311 e. The summed E-state index contributed by atoms with van der Waals surface area (Å²) in [5.74, 6) is 0.294. The van der Waals surface area contributed by atoms with Crippen LogP contribution in [0.5, 0.6) is 0 Å². The second kappa shape index (κ2) is 6.15. The van der Waals surface area contributed by atoms with E-state index in [1.165, 1.54) is 6.07 Å². The van der Waals surface area contributed by atoms with E-state index in [0.717, 1.165) is 5.69 Å². The van der Waals surface area contributed by atoms with E-state index in [4.69, 9.17) is 4.74 Å². The molecule has 1 atom stereocenters. The summed E-state index contributed by atoms with van der Waals surface area (Å²) < 4.78 is 5.24. The molecule has 6 heteroatoms. The van der Waals surface area contributed by atoms with Gasteiger partial charge < -0.3 is 10.1 Å². The topological polar surface area (TPSA) is 77.3 Å². The zero-order valence-electron chi connectivity index (χ0n) is 10.3. The normalized spacial score (nSPS) is 12.2. The summed E-state index contributed by atoms with van der Waals surface area (Å²) in [6.45, 7) is 6.70. The van der Waals surface area contributed by atoms with E-state index < -0.39 is 4.92 Å². The third-order valence-corrected chi connectivity index (χ3v) is 2.16. The minimum atomic E-state index is -0.442. The van der Waals surface area contributed by atoms with Crippen molar-refractivity contribution in [3.05, 3.63) is 27.9 Å². The van der Waals surface area contributed by atoms with E-state index in [1.54, 1.807) is 13.0 Å². The second-order valence-corrected chi connectivity index (χ2v) is 3.78. The molecule has 17 heavy (non-hydrogen) atoms. The van der Waals surface area contributed by atoms with Gasteiger partial charge in [-0.25, -0.2) is 4.98 Å². The lowest BCUT2D eigenvalue weighted by Gasteiger charge is -2.14. The van der Waals surface area contributed by atoms with Crippen molar-refractivity contribution in [1.82, 2.24) is 4.98 Å². The molecule has 0 radical (unpaired) electrons. The van der Waals surface area contributed by atoms with Gasteiger partial charge in [-0.3, -0.25) is 10.1 Å². The Bertz CT molecular complexity index is 396. The molecule has 1 N–H and O–H groups in total. The van der Waals surface area contributed by atoms with Crippen molar-refractivity contribution >= 4 is 11.5 Å². The summed E-state index contributed by atoms with van der Waals surface area (Å²) >= 11 is 0. The maximum atomic E-state index is 10.8. The van der Waals surface area contributed by atoms with E-state index in [9.17, 15) is 10.1 Å². The van der Waals surface area contributed by atoms with Gasteiger partial charge in [0.25, 0.3) is 0 Å². The van der Waals surface area contributed by atoms with Gasteiger partial charge in [-0.15, -0.1) is 0 Å². The number of nitrogens with zero attached hydrogens (tertiary/aromatic N) is 2. The van der Waals surface area contributed by atoms with Crippen molar-refractivity contribution in [3.8, 4) is 0 Å². The summed E-state index contributed by atoms with van der Waals surface area (Å²) in [7, 11) is 0. The molecule has 0 saturated heterocycles. The molecule has 6 nitrogen and oxygen atoms in total. The first kappa shape index (κ1) is 13.4. The van der Waals surface area contributed by atoms with Gasteiger partial charge in [0.2, 0.25) is 5.82 Å². The molecule has 0 spiro atoms. The summed E-state index contributed by atoms with van der Waals surface area (Å²) in [5.41, 5.74) is 0.723. The molecular formula is C11H17N3O3. The van der Waals surface area contributed by atoms with E-state index in [0.29, 0.717) is 19.0 Å². The lowest BCUT2D eigenvalue weighted by molar-refractivity contribution is -0.384. The maximum absolute atomic E-state index is 10.8. The van der Waals surface area contributed by atoms with E-state index >= 15 is 0 Å². The molecule has 1 aromatic heterocycles. The van der Waals surface area contributed by atoms with Crippen LogP contribution in [-0.2, 0) is 4.74 Å². The van der Waals surface area contributed by atoms with Crippen molar-refractivity contribution in [2.45, 2.75) is 26.8 Å². The van der Waals surface area contributed by atoms with Gasteiger partial charge in [0.1, 0.15) is 0 Å². The number of rotatable bonds is 6. The van der Waals surface area contributed by atoms with Crippen LogP contribution in [0.25, 0.3) is 0 Å². The number of nitro groups is 1. The molecule has 0 fully saturated rings. The Morgan fingerprint density at radius 1 is 1.59 bits per heavy atom. The summed E-state index contributed by atoms with van der Waals surface area (Å²) in [6, 6.07) is 3.05. The van der Waals surface area contributed by atoms with Crippen molar-refractivity contribution in [2.75, 3.05) is 18.5 Å². The molecule has 1 aromatic rings. The number of aryl methyl sites for hydroxylation is 1. The van der Waals surface area contributed by atoms with E-state index in [-0.39, 0.29) is 11.7 Å². The van der Waals surface area contributed by atoms with Crippen LogP contribution in [-0.4, -0.2) is 29.2 Å². The van der Waals surface area contributed by atoms with Gasteiger partial charge >= 0.3 is 5.69 Å². The Morgan fingerprint density at radius 3 is 2.88 bits per heavy atom. The van der Waals surface area contributed by atoms with E-state index in [1.807, 2.05) is 13.8 Å². The van der Waals surface area contributed by atoms with Crippen molar-refractivity contribution in [2.24, 2.45) is 0 Å². The Morgan fingerprint density at radius 2 is 2.29 bits per heavy atom. The lowest BCUT2D eigenvalue weighted by atomic mass is 10.3. The number of ether oxygens (including phenoxy) is 1. The predicted molar refractivity (Wildman–Crippen MR) is 65.2 cm³/mol. The fourth-order valence-corrected chi connectivity index (χ4v) is 1.37. The molecular weight excluding hydrogens is 222 g/mol. The van der Waals surface area contributed by atoms with Crippen molar-refractivity contribution in [3.63, 3.8) is 0 Å². The molecule has 0 amide bonds. The molecule has 0 aliphatic rings. The quantitative estimate of drug-likeness (QED) is 0.607. The molecule has 1 heterocycles. The number of anilines is 1. The van der Waals surface area contributed by atoms with Crippen LogP contribution in [0.1, 0.15) is 19.5 Å². The number of hydrogen-bond donors (Lipinski definition) is 1. The van der Waals surface area contributed by atoms with Crippen LogP contribution >= 0.6 is 0 Å². The SMILES string of the molecule is CCOCC(C)Nc1nc(C)ccc1[N+](=O)[O-]. The van der Waals surface area contributed by atoms with Crippen LogP contribution in [0.4, 0.5) is 11.5 Å². The molecule has 1 rings (SSSR count). The zero-order chi connectivity index (χ0) is 12.8. The van der Waals surface area contributed by atoms with Gasteiger partial charge in [-0.2, -0.15) is 0 Å². The molecule has 1 unspecified atom stereocenters. The molecule has 94 valence electrons. The highest BCUT2D eigenvalue weighted by atomic mass is 16.6. The Hall–Kier alpha value is -1.69. The molecule has 0 aliphatic carbocycles. The minimum absolute atomic E-state index is 0.0149. The lowest BCUT2D eigenvalue weighted by Crippen LogP contribution is -2.23. The standard InChI is InChI=1S/C11H17N3O3/c1-4-17-7-9(3)13-11-10(14(15)16)6-5-8(2)12-11/h5-6,9H,4,7H2,1-3H3,(H,12,13). The highest BCUT2D eigenvalue weighted by Crippen LogP contribution is 2.22. The molecule has 0 bridgehead atoms. The Balaban J connectivity index is 2.81. The van der Waals surface area contributed by atoms with Gasteiger partial charge in [-0.05, 0) is 26.8 Å². The fourth-order valence-electron chi connectivity index (χ4n) is 1.37. The first-order valence-electron chi connectivity index (χ1n) is 5.51. The van der Waals surface area contributed by atoms with Crippen molar-refractivity contribution < 1.29 is 9.66 Å². The highest BCUT2D eigenvalue weighted by molar-refractivity contribution is 5.56. The Kier molecular flexibility index (Phi) is 4.84. The van der Waals surface area contributed by atoms with Crippen LogP contribution in [0.15, 0.2) is 12.1 Å². The van der Waals surface area contributed by atoms with Gasteiger partial charge in [0.15, 0.2) is 0 Å². The fraction of sp³-hybridized carbons (Fsp3) is 0.545. The summed E-state index contributed by atoms with van der Waals surface area (Å²) in [5, 5.41) is 13.8. The van der Waals surface area contributed by atoms with Crippen LogP contribution in [0, 0.1) is 17.0 Å². The first-order chi connectivity index (χ1) is 8.04. The third-order valence-electron chi connectivity index (χ3n) is 2.16. The number of pyridine rings is 1. The van der Waals surface area contributed by atoms with Crippen LogP contribution in [0.2, 0.25) is 0 Å². The average molecular weight is 239 g/mol. The van der Waals surface area contributed by atoms with Crippen LogP contribution in [0.3, 0.4) is 0 Å². The highest BCUT2D eigenvalue weighted by Gasteiger charge is 2.16. The van der Waals surface area contributed by atoms with Gasteiger partial charge in [0, 0.05) is 24.4 Å². The summed E-state index contributed by atoms with van der Waals surface area (Å²) in [6.07, 6.45) is 0. The molecule has 0 aliphatic heterocycles. The average Bonchev–Trinajstić information content (AvgIpc) is 2.26. The largest absolute Gasteiger partial charge is 0.380 e. The smallest absolute Gasteiger partial charge is 0.311 e. The number of nitrogens with one attached hydrogen (secondary N) is 1. The molecule has 0 saturated carbocycles. The van der Waals surface area contributed by atoms with Gasteiger partial charge in [-0.1, -0.05) is 0 Å². The van der Waals surface area contributed by atoms with Gasteiger partial charge in [0.05, 0.1) is 11.5 Å². The molecule has 0 aromatic carbocycles.